The molecule has 1 aromatic carbocycles. The van der Waals surface area contributed by atoms with Crippen molar-refractivity contribution >= 4 is 32.6 Å². The van der Waals surface area contributed by atoms with Crippen LogP contribution in [0.25, 0.3) is 22.7 Å². The van der Waals surface area contributed by atoms with Gasteiger partial charge in [-0.3, -0.25) is 9.67 Å². The fourth-order valence-electron chi connectivity index (χ4n) is 6.51. The molecule has 1 N–H and O–H groups in total. The number of pyridine rings is 2. The van der Waals surface area contributed by atoms with Gasteiger partial charge < -0.3 is 9.67 Å². The average molecular weight is 704 g/mol. The molecule has 0 radical (unpaired) electrons. The van der Waals surface area contributed by atoms with Gasteiger partial charge >= 0.3 is 6.18 Å². The summed E-state index contributed by atoms with van der Waals surface area (Å²) in [5.41, 5.74) is -0.153. The first-order valence-electron chi connectivity index (χ1n) is 15.5. The summed E-state index contributed by atoms with van der Waals surface area (Å²) in [5.74, 6) is 0.948. The largest absolute Gasteiger partial charge is 0.417 e. The molecule has 0 bridgehead atoms. The molecular formula is C33H37ClF3N7O3S. The van der Waals surface area contributed by atoms with Crippen LogP contribution >= 0.6 is 11.6 Å². The van der Waals surface area contributed by atoms with Gasteiger partial charge in [0.25, 0.3) is 0 Å². The van der Waals surface area contributed by atoms with Crippen molar-refractivity contribution in [3.8, 4) is 11.5 Å². The molecule has 1 aliphatic carbocycles. The van der Waals surface area contributed by atoms with Crippen molar-refractivity contribution in [1.29, 1.82) is 0 Å². The quantitative estimate of drug-likeness (QED) is 0.196. The lowest BCUT2D eigenvalue weighted by Gasteiger charge is -2.37. The van der Waals surface area contributed by atoms with E-state index in [9.17, 15) is 26.7 Å². The van der Waals surface area contributed by atoms with Crippen LogP contribution in [0.5, 0.6) is 0 Å². The fraction of sp³-hybridized carbons (Fsp3) is 0.424. The Morgan fingerprint density at radius 2 is 1.85 bits per heavy atom. The number of sulfone groups is 1. The molecule has 1 fully saturated rings. The van der Waals surface area contributed by atoms with E-state index in [-0.39, 0.29) is 45.2 Å². The highest BCUT2D eigenvalue weighted by Gasteiger charge is 2.50. The van der Waals surface area contributed by atoms with Crippen LogP contribution in [-0.4, -0.2) is 59.2 Å². The maximum Gasteiger partial charge on any atom is 0.417 e. The molecule has 5 aromatic rings. The van der Waals surface area contributed by atoms with E-state index in [0.717, 1.165) is 36.5 Å². The highest BCUT2D eigenvalue weighted by atomic mass is 35.5. The van der Waals surface area contributed by atoms with Gasteiger partial charge in [0.05, 0.1) is 28.4 Å². The summed E-state index contributed by atoms with van der Waals surface area (Å²) in [6, 6.07) is 11.7. The van der Waals surface area contributed by atoms with E-state index < -0.39 is 27.2 Å². The number of benzene rings is 1. The summed E-state index contributed by atoms with van der Waals surface area (Å²) in [4.78, 5) is 16.0. The molecule has 256 valence electrons. The third kappa shape index (κ3) is 7.40. The number of halogens is 4. The monoisotopic (exact) mass is 703 g/mol. The highest BCUT2D eigenvalue weighted by Crippen LogP contribution is 2.47. The number of hydrogen-bond acceptors (Lipinski definition) is 8. The summed E-state index contributed by atoms with van der Waals surface area (Å²) in [7, 11) is -2.04. The minimum atomic E-state index is -4.54. The zero-order valence-corrected chi connectivity index (χ0v) is 28.5. The first-order valence-corrected chi connectivity index (χ1v) is 17.5. The number of nitrogens with zero attached hydrogens (tertiary/aromatic N) is 7. The number of aliphatic hydroxyl groups is 1. The van der Waals surface area contributed by atoms with E-state index in [1.807, 2.05) is 12.1 Å². The standard InChI is InChI=1S/C18H24ClN3O.C15H13F3N4O2S/c1-13(2)17-8-5-15(9-14-3-6-16(19)7-4-14)18(17,23)10-22-12-20-11-21-22;1-3-25(23,24)11-5-4-6-19-12(11)14-21-10-7-9(15(16,17)18)8-20-13(10)22(14)2/h3-4,6-7,11-13,15,17,23H,5,8-10H2,1-2H3;4-8H,3H2,1-2H3. The number of aromatic nitrogens is 7. The third-order valence-electron chi connectivity index (χ3n) is 8.99. The lowest BCUT2D eigenvalue weighted by molar-refractivity contribution is -0.137. The van der Waals surface area contributed by atoms with Crippen LogP contribution in [-0.2, 0) is 36.0 Å². The maximum absolute atomic E-state index is 12.8. The summed E-state index contributed by atoms with van der Waals surface area (Å²) in [5, 5.41) is 16.5. The van der Waals surface area contributed by atoms with E-state index >= 15 is 0 Å². The van der Waals surface area contributed by atoms with Crippen molar-refractivity contribution < 1.29 is 26.7 Å². The van der Waals surface area contributed by atoms with Gasteiger partial charge in [-0.2, -0.15) is 18.3 Å². The SMILES string of the molecule is CC(C)C1CCC(Cc2ccc(Cl)cc2)C1(O)Cn1cncn1.CCS(=O)(=O)c1cccnc1-c1nc2cc(C(F)(F)F)cnc2n1C. The first-order chi connectivity index (χ1) is 22.6. The Labute approximate surface area is 282 Å². The topological polar surface area (TPSA) is 129 Å². The molecular weight excluding hydrogens is 667 g/mol. The Morgan fingerprint density at radius 3 is 2.48 bits per heavy atom. The molecule has 3 atom stereocenters. The molecule has 1 aliphatic rings. The smallest absolute Gasteiger partial charge is 0.387 e. The van der Waals surface area contributed by atoms with Crippen LogP contribution in [0.15, 0.2) is 72.4 Å². The van der Waals surface area contributed by atoms with Crippen LogP contribution in [0.1, 0.15) is 44.7 Å². The lowest BCUT2D eigenvalue weighted by atomic mass is 9.76. The molecule has 0 aliphatic heterocycles. The number of fused-ring (bicyclic) bond motifs is 1. The van der Waals surface area contributed by atoms with Gasteiger partial charge in [-0.25, -0.2) is 23.4 Å². The molecule has 6 rings (SSSR count). The zero-order chi connectivity index (χ0) is 34.9. The minimum absolute atomic E-state index is 0.0119. The zero-order valence-electron chi connectivity index (χ0n) is 26.9. The molecule has 4 aromatic heterocycles. The van der Waals surface area contributed by atoms with Crippen LogP contribution < -0.4 is 0 Å². The third-order valence-corrected chi connectivity index (χ3v) is 11.0. The Kier molecular flexibility index (Phi) is 10.3. The van der Waals surface area contributed by atoms with Crippen molar-refractivity contribution in [1.82, 2.24) is 34.3 Å². The maximum atomic E-state index is 12.8. The molecule has 10 nitrogen and oxygen atoms in total. The van der Waals surface area contributed by atoms with Crippen LogP contribution in [0, 0.1) is 17.8 Å². The number of imidazole rings is 1. The van der Waals surface area contributed by atoms with Crippen molar-refractivity contribution in [3.05, 3.63) is 83.7 Å². The van der Waals surface area contributed by atoms with Gasteiger partial charge in [0.1, 0.15) is 23.9 Å². The molecule has 0 spiro atoms. The Bertz CT molecular complexity index is 1970. The predicted octanol–water partition coefficient (Wildman–Crippen LogP) is 6.43. The van der Waals surface area contributed by atoms with E-state index in [4.69, 9.17) is 11.6 Å². The van der Waals surface area contributed by atoms with E-state index in [1.165, 1.54) is 41.7 Å². The summed E-state index contributed by atoms with van der Waals surface area (Å²) in [6.07, 6.45) is 3.75. The van der Waals surface area contributed by atoms with Crippen molar-refractivity contribution in [3.63, 3.8) is 0 Å². The Morgan fingerprint density at radius 1 is 1.12 bits per heavy atom. The van der Waals surface area contributed by atoms with Gasteiger partial charge in [-0.05, 0) is 72.9 Å². The summed E-state index contributed by atoms with van der Waals surface area (Å²) < 4.78 is 66.3. The molecule has 48 heavy (non-hydrogen) atoms. The molecule has 0 amide bonds. The fourth-order valence-corrected chi connectivity index (χ4v) is 7.67. The second kappa shape index (κ2) is 13.9. The minimum Gasteiger partial charge on any atom is -0.387 e. The van der Waals surface area contributed by atoms with Crippen molar-refractivity contribution in [2.24, 2.45) is 24.8 Å². The van der Waals surface area contributed by atoms with Crippen molar-refractivity contribution in [2.45, 2.75) is 63.3 Å². The normalized spacial score (nSPS) is 19.9. The van der Waals surface area contributed by atoms with Gasteiger partial charge in [-0.15, -0.1) is 0 Å². The number of rotatable bonds is 8. The lowest BCUT2D eigenvalue weighted by Crippen LogP contribution is -2.46. The summed E-state index contributed by atoms with van der Waals surface area (Å²) in [6.45, 7) is 6.40. The number of aryl methyl sites for hydroxylation is 1. The number of hydrogen-bond donors (Lipinski definition) is 1. The van der Waals surface area contributed by atoms with Crippen molar-refractivity contribution in [2.75, 3.05) is 5.75 Å². The van der Waals surface area contributed by atoms with Crippen LogP contribution in [0.4, 0.5) is 13.2 Å². The molecule has 15 heteroatoms. The van der Waals surface area contributed by atoms with E-state index in [2.05, 4.69) is 51.0 Å². The summed E-state index contributed by atoms with van der Waals surface area (Å²) >= 11 is 5.98. The van der Waals surface area contributed by atoms with Gasteiger partial charge in [0, 0.05) is 24.5 Å². The number of alkyl halides is 3. The molecule has 0 saturated heterocycles. The predicted molar refractivity (Wildman–Crippen MR) is 176 cm³/mol. The average Bonchev–Trinajstić information content (AvgIpc) is 3.76. The first kappa shape index (κ1) is 35.4. The Balaban J connectivity index is 0.000000188. The van der Waals surface area contributed by atoms with E-state index in [0.29, 0.717) is 12.5 Å². The second-order valence-electron chi connectivity index (χ2n) is 12.4. The van der Waals surface area contributed by atoms with Gasteiger partial charge in [0.2, 0.25) is 0 Å². The van der Waals surface area contributed by atoms with E-state index in [1.54, 1.807) is 18.1 Å². The molecule has 4 heterocycles. The second-order valence-corrected chi connectivity index (χ2v) is 15.0. The van der Waals surface area contributed by atoms with Crippen LogP contribution in [0.3, 0.4) is 0 Å². The molecule has 3 unspecified atom stereocenters. The highest BCUT2D eigenvalue weighted by molar-refractivity contribution is 7.91. The van der Waals surface area contributed by atoms with Crippen LogP contribution in [0.2, 0.25) is 5.02 Å². The van der Waals surface area contributed by atoms with Gasteiger partial charge in [0.15, 0.2) is 21.3 Å². The molecule has 1 saturated carbocycles. The Hall–Kier alpha value is -3.88. The van der Waals surface area contributed by atoms with Gasteiger partial charge in [-0.1, -0.05) is 44.5 Å².